The molecule has 0 spiro atoms. The lowest BCUT2D eigenvalue weighted by Crippen LogP contribution is -2.28. The molecule has 5 heteroatoms. The summed E-state index contributed by atoms with van der Waals surface area (Å²) in [6, 6.07) is 21.9. The molecule has 3 aromatic rings. The molecule has 1 N–H and O–H groups in total. The smallest absolute Gasteiger partial charge is 0.282 e. The molecule has 1 atom stereocenters. The zero-order valence-electron chi connectivity index (χ0n) is 19.7. The molecule has 0 aromatic heterocycles. The third kappa shape index (κ3) is 5.31. The minimum Gasteiger partial charge on any atom is -0.282 e. The van der Waals surface area contributed by atoms with Crippen molar-refractivity contribution in [1.82, 2.24) is 0 Å². The predicted octanol–water partition coefficient (Wildman–Crippen LogP) is 6.06. The Hall–Kier alpha value is -2.00. The number of benzene rings is 3. The first-order chi connectivity index (χ1) is 15.0. The fourth-order valence-electron chi connectivity index (χ4n) is 3.93. The van der Waals surface area contributed by atoms with Crippen LogP contribution in [0.2, 0.25) is 0 Å². The lowest BCUT2D eigenvalue weighted by atomic mass is 9.89. The monoisotopic (exact) mass is 468 g/mol. The highest BCUT2D eigenvalue weighted by Gasteiger charge is 2.26. The normalized spacial score (nSPS) is 13.2. The van der Waals surface area contributed by atoms with Crippen LogP contribution in [0.25, 0.3) is 0 Å². The van der Waals surface area contributed by atoms with E-state index < -0.39 is 18.0 Å². The van der Waals surface area contributed by atoms with Crippen LogP contribution in [0, 0.1) is 0 Å². The quantitative estimate of drug-likeness (QED) is 0.339. The zero-order valence-corrected chi connectivity index (χ0v) is 21.4. The highest BCUT2D eigenvalue weighted by Crippen LogP contribution is 2.40. The van der Waals surface area contributed by atoms with Crippen LogP contribution in [0.4, 0.5) is 0 Å². The van der Waals surface area contributed by atoms with Crippen LogP contribution in [-0.2, 0) is 10.1 Å². The van der Waals surface area contributed by atoms with Gasteiger partial charge in [-0.25, -0.2) is 0 Å². The highest BCUT2D eigenvalue weighted by atomic mass is 32.2. The summed E-state index contributed by atoms with van der Waals surface area (Å²) in [6.07, 6.45) is 0. The lowest BCUT2D eigenvalue weighted by molar-refractivity contribution is 0.483. The molecule has 0 aliphatic heterocycles. The maximum Gasteiger partial charge on any atom is 0.294 e. The van der Waals surface area contributed by atoms with Crippen LogP contribution in [-0.4, -0.2) is 13.0 Å². The van der Waals surface area contributed by atoms with E-state index in [2.05, 4.69) is 77.9 Å². The van der Waals surface area contributed by atoms with E-state index in [0.717, 1.165) is 5.30 Å². The standard InChI is InChI=1S/C27H33O3PS/c1-18(2)21-16-25(19(3)4)27(26(17-21)20(5)6)31(22-10-8-7-9-11-22)23-12-14-24(15-13-23)32(28,29)30/h7-20H,1-6H3,(H,28,29,30). The Morgan fingerprint density at radius 1 is 0.688 bits per heavy atom. The molecule has 170 valence electrons. The zero-order chi connectivity index (χ0) is 23.6. The Labute approximate surface area is 194 Å². The second kappa shape index (κ2) is 9.87. The largest absolute Gasteiger partial charge is 0.294 e. The van der Waals surface area contributed by atoms with E-state index in [-0.39, 0.29) is 4.90 Å². The molecule has 0 aliphatic rings. The van der Waals surface area contributed by atoms with Crippen LogP contribution < -0.4 is 15.9 Å². The van der Waals surface area contributed by atoms with Crippen LogP contribution >= 0.6 is 7.92 Å². The summed E-state index contributed by atoms with van der Waals surface area (Å²) in [5, 5.41) is 3.66. The minimum atomic E-state index is -4.23. The van der Waals surface area contributed by atoms with Crippen molar-refractivity contribution in [1.29, 1.82) is 0 Å². The average Bonchev–Trinajstić information content (AvgIpc) is 2.74. The van der Waals surface area contributed by atoms with E-state index in [0.29, 0.717) is 17.8 Å². The highest BCUT2D eigenvalue weighted by molar-refractivity contribution is 7.85. The SMILES string of the molecule is CC(C)c1cc(C(C)C)c(P(c2ccccc2)c2ccc(S(=O)(=O)O)cc2)c(C(C)C)c1. The van der Waals surface area contributed by atoms with Crippen LogP contribution in [0.5, 0.6) is 0 Å². The molecule has 0 radical (unpaired) electrons. The molecule has 0 saturated carbocycles. The van der Waals surface area contributed by atoms with Gasteiger partial charge in [0, 0.05) is 0 Å². The minimum absolute atomic E-state index is 0.0763. The number of hydrogen-bond donors (Lipinski definition) is 1. The van der Waals surface area contributed by atoms with Crippen molar-refractivity contribution < 1.29 is 13.0 Å². The van der Waals surface area contributed by atoms with E-state index in [9.17, 15) is 13.0 Å². The molecule has 0 saturated heterocycles. The van der Waals surface area contributed by atoms with Gasteiger partial charge in [-0.2, -0.15) is 8.42 Å². The predicted molar refractivity (Wildman–Crippen MR) is 137 cm³/mol. The van der Waals surface area contributed by atoms with Crippen molar-refractivity contribution in [3.05, 3.63) is 83.4 Å². The van der Waals surface area contributed by atoms with Gasteiger partial charge in [-0.15, -0.1) is 0 Å². The van der Waals surface area contributed by atoms with Gasteiger partial charge in [-0.1, -0.05) is 96.1 Å². The summed E-state index contributed by atoms with van der Waals surface area (Å²) >= 11 is 0. The topological polar surface area (TPSA) is 54.4 Å². The molecule has 3 aromatic carbocycles. The van der Waals surface area contributed by atoms with Crippen molar-refractivity contribution in [2.45, 2.75) is 64.2 Å². The van der Waals surface area contributed by atoms with Crippen LogP contribution in [0.15, 0.2) is 71.6 Å². The third-order valence-electron chi connectivity index (χ3n) is 5.73. The van der Waals surface area contributed by atoms with Gasteiger partial charge < -0.3 is 0 Å². The van der Waals surface area contributed by atoms with E-state index in [1.54, 1.807) is 0 Å². The van der Waals surface area contributed by atoms with Crippen LogP contribution in [0.3, 0.4) is 0 Å². The molecule has 3 nitrogen and oxygen atoms in total. The summed E-state index contributed by atoms with van der Waals surface area (Å²) in [5.74, 6) is 1.15. The Balaban J connectivity index is 2.35. The summed E-state index contributed by atoms with van der Waals surface area (Å²) < 4.78 is 32.7. The number of rotatable bonds is 7. The molecular weight excluding hydrogens is 435 g/mol. The number of hydrogen-bond acceptors (Lipinski definition) is 2. The average molecular weight is 469 g/mol. The van der Waals surface area contributed by atoms with E-state index in [1.165, 1.54) is 39.4 Å². The van der Waals surface area contributed by atoms with Crippen molar-refractivity contribution in [3.8, 4) is 0 Å². The van der Waals surface area contributed by atoms with Crippen LogP contribution in [0.1, 0.15) is 76.0 Å². The van der Waals surface area contributed by atoms with E-state index in [1.807, 2.05) is 18.2 Å². The fourth-order valence-corrected chi connectivity index (χ4v) is 7.30. The van der Waals surface area contributed by atoms with Gasteiger partial charge in [0.2, 0.25) is 0 Å². The second-order valence-electron chi connectivity index (χ2n) is 9.15. The summed E-state index contributed by atoms with van der Waals surface area (Å²) in [7, 11) is -5.13. The van der Waals surface area contributed by atoms with Gasteiger partial charge >= 0.3 is 0 Å². The lowest BCUT2D eigenvalue weighted by Gasteiger charge is -2.29. The Morgan fingerprint density at radius 3 is 1.56 bits per heavy atom. The molecule has 3 rings (SSSR count). The Bertz CT molecular complexity index is 1140. The summed E-state index contributed by atoms with van der Waals surface area (Å²) in [6.45, 7) is 13.4. The third-order valence-corrected chi connectivity index (χ3v) is 9.19. The first-order valence-corrected chi connectivity index (χ1v) is 13.9. The van der Waals surface area contributed by atoms with Crippen molar-refractivity contribution in [2.75, 3.05) is 0 Å². The van der Waals surface area contributed by atoms with Gasteiger partial charge in [0.1, 0.15) is 0 Å². The second-order valence-corrected chi connectivity index (χ2v) is 12.7. The summed E-state index contributed by atoms with van der Waals surface area (Å²) in [4.78, 5) is -0.0763. The van der Waals surface area contributed by atoms with E-state index in [4.69, 9.17) is 0 Å². The molecule has 32 heavy (non-hydrogen) atoms. The Kier molecular flexibility index (Phi) is 7.60. The van der Waals surface area contributed by atoms with Gasteiger partial charge in [0.15, 0.2) is 0 Å². The molecule has 1 unspecified atom stereocenters. The van der Waals surface area contributed by atoms with Gasteiger partial charge in [-0.3, -0.25) is 4.55 Å². The summed E-state index contributed by atoms with van der Waals surface area (Å²) in [5.41, 5.74) is 4.06. The van der Waals surface area contributed by atoms with Crippen molar-refractivity contribution >= 4 is 34.0 Å². The molecule has 0 amide bonds. The van der Waals surface area contributed by atoms with Crippen molar-refractivity contribution in [3.63, 3.8) is 0 Å². The van der Waals surface area contributed by atoms with Gasteiger partial charge in [0.05, 0.1) is 4.90 Å². The Morgan fingerprint density at radius 2 is 1.16 bits per heavy atom. The van der Waals surface area contributed by atoms with Crippen molar-refractivity contribution in [2.24, 2.45) is 0 Å². The molecule has 0 heterocycles. The molecule has 0 fully saturated rings. The molecular formula is C27H33O3PS. The molecule has 0 aliphatic carbocycles. The van der Waals surface area contributed by atoms with Gasteiger partial charge in [-0.05, 0) is 70.4 Å². The van der Waals surface area contributed by atoms with E-state index >= 15 is 0 Å². The maximum atomic E-state index is 11.6. The first-order valence-electron chi connectivity index (χ1n) is 11.1. The van der Waals surface area contributed by atoms with Gasteiger partial charge in [0.25, 0.3) is 10.1 Å². The maximum absolute atomic E-state index is 11.6. The molecule has 0 bridgehead atoms. The first kappa shape index (κ1) is 24.6. The fraction of sp³-hybridized carbons (Fsp3) is 0.333.